The standard InChI is InChI=1S/C15H18N2O3S/c1-12-5-7-13(8-6-12)10-16-21(19,20)11-14-3-2-4-15(9-14)17-18/h2-9,16-18H,10-11H2,1H3. The lowest BCUT2D eigenvalue weighted by Gasteiger charge is -2.08. The number of rotatable bonds is 6. The van der Waals surface area contributed by atoms with Crippen molar-refractivity contribution < 1.29 is 13.6 Å². The first-order chi connectivity index (χ1) is 9.98. The Hall–Kier alpha value is -1.89. The number of hydrogen-bond acceptors (Lipinski definition) is 4. The van der Waals surface area contributed by atoms with Gasteiger partial charge in [0.25, 0.3) is 0 Å². The lowest BCUT2D eigenvalue weighted by Crippen LogP contribution is -2.24. The summed E-state index contributed by atoms with van der Waals surface area (Å²) in [5, 5.41) is 8.82. The van der Waals surface area contributed by atoms with E-state index in [0.29, 0.717) is 11.3 Å². The SMILES string of the molecule is Cc1ccc(CNS(=O)(=O)Cc2cccc(NO)c2)cc1. The molecule has 0 aliphatic heterocycles. The Morgan fingerprint density at radius 1 is 1.05 bits per heavy atom. The lowest BCUT2D eigenvalue weighted by atomic mass is 10.2. The van der Waals surface area contributed by atoms with Crippen LogP contribution in [0.25, 0.3) is 0 Å². The highest BCUT2D eigenvalue weighted by Crippen LogP contribution is 2.12. The van der Waals surface area contributed by atoms with Crippen molar-refractivity contribution in [3.8, 4) is 0 Å². The average molecular weight is 306 g/mol. The topological polar surface area (TPSA) is 78.4 Å². The second-order valence-corrected chi connectivity index (χ2v) is 6.68. The molecule has 0 aromatic heterocycles. The van der Waals surface area contributed by atoms with Crippen LogP contribution in [-0.4, -0.2) is 13.6 Å². The first kappa shape index (κ1) is 15.5. The van der Waals surface area contributed by atoms with E-state index in [0.717, 1.165) is 11.1 Å². The number of sulfonamides is 1. The number of anilines is 1. The van der Waals surface area contributed by atoms with E-state index in [1.807, 2.05) is 36.7 Å². The second kappa shape index (κ2) is 6.71. The van der Waals surface area contributed by atoms with E-state index in [-0.39, 0.29) is 12.3 Å². The minimum absolute atomic E-state index is 0.131. The molecule has 0 saturated heterocycles. The molecule has 0 fully saturated rings. The largest absolute Gasteiger partial charge is 0.291 e. The van der Waals surface area contributed by atoms with Crippen molar-refractivity contribution in [1.29, 1.82) is 0 Å². The molecule has 0 aliphatic rings. The van der Waals surface area contributed by atoms with Crippen molar-refractivity contribution >= 4 is 15.7 Å². The van der Waals surface area contributed by atoms with Gasteiger partial charge in [-0.05, 0) is 30.2 Å². The van der Waals surface area contributed by atoms with Crippen LogP contribution in [0.5, 0.6) is 0 Å². The summed E-state index contributed by atoms with van der Waals surface area (Å²) >= 11 is 0. The predicted molar refractivity (Wildman–Crippen MR) is 82.5 cm³/mol. The minimum atomic E-state index is -3.43. The van der Waals surface area contributed by atoms with E-state index >= 15 is 0 Å². The molecular weight excluding hydrogens is 288 g/mol. The smallest absolute Gasteiger partial charge is 0.216 e. The van der Waals surface area contributed by atoms with Crippen LogP contribution in [0.4, 0.5) is 5.69 Å². The molecule has 0 spiro atoms. The van der Waals surface area contributed by atoms with Crippen LogP contribution in [0.1, 0.15) is 16.7 Å². The van der Waals surface area contributed by atoms with E-state index in [2.05, 4.69) is 4.72 Å². The van der Waals surface area contributed by atoms with Gasteiger partial charge in [-0.25, -0.2) is 13.1 Å². The van der Waals surface area contributed by atoms with E-state index in [4.69, 9.17) is 5.21 Å². The maximum atomic E-state index is 12.0. The van der Waals surface area contributed by atoms with Crippen molar-refractivity contribution in [3.63, 3.8) is 0 Å². The van der Waals surface area contributed by atoms with Gasteiger partial charge in [0.05, 0.1) is 11.4 Å². The molecule has 112 valence electrons. The third-order valence-corrected chi connectivity index (χ3v) is 4.33. The Morgan fingerprint density at radius 3 is 2.43 bits per heavy atom. The molecule has 5 nitrogen and oxygen atoms in total. The van der Waals surface area contributed by atoms with Gasteiger partial charge in [0, 0.05) is 6.54 Å². The van der Waals surface area contributed by atoms with Crippen LogP contribution < -0.4 is 10.2 Å². The molecule has 2 aromatic rings. The number of hydrogen-bond donors (Lipinski definition) is 3. The molecule has 0 saturated carbocycles. The Bertz CT molecular complexity index is 697. The Balaban J connectivity index is 1.99. The van der Waals surface area contributed by atoms with Gasteiger partial charge in [0.15, 0.2) is 0 Å². The molecule has 6 heteroatoms. The molecule has 0 radical (unpaired) electrons. The fourth-order valence-electron chi connectivity index (χ4n) is 1.90. The fourth-order valence-corrected chi connectivity index (χ4v) is 3.01. The molecule has 0 amide bonds. The zero-order chi connectivity index (χ0) is 15.3. The van der Waals surface area contributed by atoms with Crippen LogP contribution in [0.3, 0.4) is 0 Å². The van der Waals surface area contributed by atoms with Crippen molar-refractivity contribution in [2.45, 2.75) is 19.2 Å². The zero-order valence-electron chi connectivity index (χ0n) is 11.7. The molecule has 21 heavy (non-hydrogen) atoms. The van der Waals surface area contributed by atoms with E-state index in [9.17, 15) is 8.42 Å². The summed E-state index contributed by atoms with van der Waals surface area (Å²) in [6.07, 6.45) is 0. The molecule has 0 atom stereocenters. The summed E-state index contributed by atoms with van der Waals surface area (Å²) < 4.78 is 26.7. The molecule has 0 heterocycles. The lowest BCUT2D eigenvalue weighted by molar-refractivity contribution is 0.389. The molecular formula is C15H18N2O3S. The number of aryl methyl sites for hydroxylation is 1. The number of nitrogens with one attached hydrogen (secondary N) is 2. The van der Waals surface area contributed by atoms with Crippen LogP contribution in [0.15, 0.2) is 48.5 Å². The predicted octanol–water partition coefficient (Wildman–Crippen LogP) is 2.42. The number of benzene rings is 2. The molecule has 2 aromatic carbocycles. The molecule has 0 unspecified atom stereocenters. The fraction of sp³-hybridized carbons (Fsp3) is 0.200. The monoisotopic (exact) mass is 306 g/mol. The first-order valence-electron chi connectivity index (χ1n) is 6.50. The normalized spacial score (nSPS) is 11.3. The quantitative estimate of drug-likeness (QED) is 0.716. The van der Waals surface area contributed by atoms with Crippen molar-refractivity contribution in [3.05, 3.63) is 65.2 Å². The van der Waals surface area contributed by atoms with Crippen LogP contribution in [0.2, 0.25) is 0 Å². The van der Waals surface area contributed by atoms with Crippen LogP contribution in [0, 0.1) is 6.92 Å². The molecule has 0 bridgehead atoms. The molecule has 0 aliphatic carbocycles. The van der Waals surface area contributed by atoms with E-state index in [1.54, 1.807) is 24.3 Å². The van der Waals surface area contributed by atoms with Gasteiger partial charge in [-0.3, -0.25) is 10.7 Å². The Kier molecular flexibility index (Phi) is 4.95. The van der Waals surface area contributed by atoms with E-state index < -0.39 is 10.0 Å². The highest BCUT2D eigenvalue weighted by molar-refractivity contribution is 7.88. The second-order valence-electron chi connectivity index (χ2n) is 4.88. The van der Waals surface area contributed by atoms with Crippen LogP contribution in [-0.2, 0) is 22.3 Å². The maximum Gasteiger partial charge on any atom is 0.216 e. The van der Waals surface area contributed by atoms with Crippen LogP contribution >= 0.6 is 0 Å². The van der Waals surface area contributed by atoms with Gasteiger partial charge in [0.2, 0.25) is 10.0 Å². The molecule has 3 N–H and O–H groups in total. The summed E-state index contributed by atoms with van der Waals surface area (Å²) in [6, 6.07) is 14.3. The average Bonchev–Trinajstić information content (AvgIpc) is 2.46. The summed E-state index contributed by atoms with van der Waals surface area (Å²) in [4.78, 5) is 0. The Morgan fingerprint density at radius 2 is 1.76 bits per heavy atom. The first-order valence-corrected chi connectivity index (χ1v) is 8.16. The van der Waals surface area contributed by atoms with Gasteiger partial charge in [-0.2, -0.15) is 0 Å². The van der Waals surface area contributed by atoms with E-state index in [1.165, 1.54) is 0 Å². The summed E-state index contributed by atoms with van der Waals surface area (Å²) in [5.74, 6) is -0.131. The van der Waals surface area contributed by atoms with Crippen molar-refractivity contribution in [2.24, 2.45) is 0 Å². The third-order valence-electron chi connectivity index (χ3n) is 3.03. The minimum Gasteiger partial charge on any atom is -0.291 e. The van der Waals surface area contributed by atoms with Crippen molar-refractivity contribution in [1.82, 2.24) is 4.72 Å². The summed E-state index contributed by atoms with van der Waals surface area (Å²) in [7, 11) is -3.43. The van der Waals surface area contributed by atoms with Gasteiger partial charge < -0.3 is 0 Å². The molecule has 2 rings (SSSR count). The zero-order valence-corrected chi connectivity index (χ0v) is 12.5. The summed E-state index contributed by atoms with van der Waals surface area (Å²) in [5.41, 5.74) is 5.11. The highest BCUT2D eigenvalue weighted by Gasteiger charge is 2.11. The van der Waals surface area contributed by atoms with Crippen molar-refractivity contribution in [2.75, 3.05) is 5.48 Å². The Labute approximate surface area is 124 Å². The summed E-state index contributed by atoms with van der Waals surface area (Å²) in [6.45, 7) is 2.25. The third kappa shape index (κ3) is 4.86. The van der Waals surface area contributed by atoms with Gasteiger partial charge in [-0.1, -0.05) is 42.0 Å². The van der Waals surface area contributed by atoms with Gasteiger partial charge >= 0.3 is 0 Å². The maximum absolute atomic E-state index is 12.0. The van der Waals surface area contributed by atoms with Gasteiger partial charge in [-0.15, -0.1) is 0 Å². The van der Waals surface area contributed by atoms with Gasteiger partial charge in [0.1, 0.15) is 0 Å². The highest BCUT2D eigenvalue weighted by atomic mass is 32.2.